The number of benzene rings is 1. The summed E-state index contributed by atoms with van der Waals surface area (Å²) in [4.78, 5) is 15.8. The number of nitrogens with two attached hydrogens (primary N) is 1. The van der Waals surface area contributed by atoms with E-state index in [0.29, 0.717) is 22.6 Å². The Kier molecular flexibility index (Phi) is 6.25. The molecule has 0 unspecified atom stereocenters. The highest BCUT2D eigenvalue weighted by molar-refractivity contribution is 5.89. The molecule has 2 N–H and O–H groups in total. The Bertz CT molecular complexity index is 1040. The van der Waals surface area contributed by atoms with Crippen molar-refractivity contribution in [1.29, 1.82) is 0 Å². The average molecular weight is 442 g/mol. The fourth-order valence-corrected chi connectivity index (χ4v) is 2.88. The smallest absolute Gasteiger partial charge is 0.370 e. The summed E-state index contributed by atoms with van der Waals surface area (Å²) in [5.41, 5.74) is 7.44. The lowest BCUT2D eigenvalue weighted by Crippen LogP contribution is -2.40. The second-order valence-corrected chi connectivity index (χ2v) is 6.98. The molecule has 0 atom stereocenters. The van der Waals surface area contributed by atoms with Crippen molar-refractivity contribution in [2.45, 2.75) is 38.5 Å². The summed E-state index contributed by atoms with van der Waals surface area (Å²) < 4.78 is 69.2. The van der Waals surface area contributed by atoms with Crippen molar-refractivity contribution in [1.82, 2.24) is 14.8 Å². The highest BCUT2D eigenvalue weighted by Crippen LogP contribution is 2.35. The van der Waals surface area contributed by atoms with Gasteiger partial charge in [-0.25, -0.2) is 9.67 Å². The van der Waals surface area contributed by atoms with Gasteiger partial charge in [0.05, 0.1) is 12.3 Å². The molecule has 31 heavy (non-hydrogen) atoms. The van der Waals surface area contributed by atoms with Crippen molar-refractivity contribution in [3.63, 3.8) is 0 Å². The second-order valence-electron chi connectivity index (χ2n) is 6.98. The first-order valence-electron chi connectivity index (χ1n) is 9.26. The molecule has 0 bridgehead atoms. The third-order valence-electron chi connectivity index (χ3n) is 4.61. The molecular weight excluding hydrogens is 423 g/mol. The topological polar surface area (TPSA) is 83.0 Å². The molecule has 0 fully saturated rings. The fraction of sp³-hybridized carbons (Fsp3) is 0.350. The lowest BCUT2D eigenvalue weighted by molar-refractivity contribution is -0.297. The van der Waals surface area contributed by atoms with Crippen LogP contribution in [-0.2, 0) is 11.3 Å². The van der Waals surface area contributed by atoms with Crippen LogP contribution in [0.3, 0.4) is 0 Å². The van der Waals surface area contributed by atoms with Crippen LogP contribution in [-0.4, -0.2) is 39.4 Å². The number of allylic oxidation sites excluding steroid dienone is 4. The Labute approximate surface area is 174 Å². The van der Waals surface area contributed by atoms with Gasteiger partial charge in [-0.1, -0.05) is 24.3 Å². The van der Waals surface area contributed by atoms with Crippen LogP contribution in [0.4, 0.5) is 22.0 Å². The third kappa shape index (κ3) is 4.98. The van der Waals surface area contributed by atoms with Crippen molar-refractivity contribution in [3.8, 4) is 5.69 Å². The quantitative estimate of drug-likeness (QED) is 0.654. The molecule has 6 nitrogen and oxygen atoms in total. The summed E-state index contributed by atoms with van der Waals surface area (Å²) in [5.74, 6) is -5.64. The zero-order chi connectivity index (χ0) is 22.8. The highest BCUT2D eigenvalue weighted by Gasteiger charge is 2.57. The van der Waals surface area contributed by atoms with Crippen LogP contribution in [0.15, 0.2) is 36.4 Å². The standard InChI is InChI=1S/C20H19F5N4O2/c1-12-7-8-15(9-14(12)10-31-11-19(21,22)20(23,24)25)29-18(13-5-3-2-4-6-13)27-17(28-29)16(26)30/h3,5-9H,2,4,10-11H2,1H3,(H2,26,30). The Balaban J connectivity index is 1.90. The van der Waals surface area contributed by atoms with Crippen LogP contribution in [0.1, 0.15) is 40.4 Å². The molecule has 0 saturated carbocycles. The zero-order valence-corrected chi connectivity index (χ0v) is 16.4. The number of carbonyl (C=O) groups is 1. The van der Waals surface area contributed by atoms with Crippen molar-refractivity contribution < 1.29 is 31.5 Å². The van der Waals surface area contributed by atoms with Gasteiger partial charge in [0.2, 0.25) is 5.82 Å². The molecule has 1 aromatic heterocycles. The summed E-state index contributed by atoms with van der Waals surface area (Å²) in [5, 5.41) is 4.12. The van der Waals surface area contributed by atoms with E-state index in [-0.39, 0.29) is 5.82 Å². The molecule has 3 rings (SSSR count). The van der Waals surface area contributed by atoms with Gasteiger partial charge in [-0.05, 0) is 43.0 Å². The van der Waals surface area contributed by atoms with Gasteiger partial charge in [0.15, 0.2) is 5.82 Å². The second kappa shape index (κ2) is 8.58. The number of amides is 1. The van der Waals surface area contributed by atoms with E-state index in [1.165, 1.54) is 10.7 Å². The molecule has 1 heterocycles. The van der Waals surface area contributed by atoms with Gasteiger partial charge in [0.25, 0.3) is 5.91 Å². The Morgan fingerprint density at radius 1 is 1.23 bits per heavy atom. The molecule has 0 saturated heterocycles. The van der Waals surface area contributed by atoms with E-state index in [1.807, 2.05) is 18.2 Å². The summed E-state index contributed by atoms with van der Waals surface area (Å²) in [6.07, 6.45) is 1.62. The first-order valence-corrected chi connectivity index (χ1v) is 9.26. The summed E-state index contributed by atoms with van der Waals surface area (Å²) in [6, 6.07) is 4.81. The minimum atomic E-state index is -5.69. The highest BCUT2D eigenvalue weighted by atomic mass is 19.4. The van der Waals surface area contributed by atoms with Gasteiger partial charge in [-0.3, -0.25) is 4.79 Å². The van der Waals surface area contributed by atoms with Crippen molar-refractivity contribution in [3.05, 3.63) is 59.2 Å². The summed E-state index contributed by atoms with van der Waals surface area (Å²) >= 11 is 0. The largest absolute Gasteiger partial charge is 0.455 e. The van der Waals surface area contributed by atoms with E-state index in [1.54, 1.807) is 19.1 Å². The van der Waals surface area contributed by atoms with Crippen LogP contribution < -0.4 is 5.73 Å². The summed E-state index contributed by atoms with van der Waals surface area (Å²) in [7, 11) is 0. The van der Waals surface area contributed by atoms with Crippen LogP contribution in [0.25, 0.3) is 11.3 Å². The van der Waals surface area contributed by atoms with E-state index in [9.17, 15) is 26.7 Å². The number of hydrogen-bond donors (Lipinski definition) is 1. The number of alkyl halides is 5. The normalized spacial score (nSPS) is 14.6. The van der Waals surface area contributed by atoms with Crippen LogP contribution in [0, 0.1) is 6.92 Å². The lowest BCUT2D eigenvalue weighted by Gasteiger charge is -2.19. The van der Waals surface area contributed by atoms with Gasteiger partial charge >= 0.3 is 12.1 Å². The Hall–Kier alpha value is -3.08. The molecule has 11 heteroatoms. The van der Waals surface area contributed by atoms with E-state index in [4.69, 9.17) is 5.73 Å². The number of rotatable bonds is 7. The van der Waals surface area contributed by atoms with Crippen molar-refractivity contribution >= 4 is 11.5 Å². The van der Waals surface area contributed by atoms with E-state index < -0.39 is 31.2 Å². The molecule has 1 aliphatic carbocycles. The average Bonchev–Trinajstić information content (AvgIpc) is 3.15. The van der Waals surface area contributed by atoms with Crippen LogP contribution >= 0.6 is 0 Å². The van der Waals surface area contributed by atoms with Crippen LogP contribution in [0.5, 0.6) is 0 Å². The predicted octanol–water partition coefficient (Wildman–Crippen LogP) is 4.12. The molecule has 0 aliphatic heterocycles. The minimum absolute atomic E-state index is 0.210. The molecule has 1 amide bonds. The fourth-order valence-electron chi connectivity index (χ4n) is 2.88. The van der Waals surface area contributed by atoms with E-state index in [0.717, 1.165) is 18.4 Å². The van der Waals surface area contributed by atoms with Crippen molar-refractivity contribution in [2.24, 2.45) is 5.73 Å². The van der Waals surface area contributed by atoms with Gasteiger partial charge in [-0.2, -0.15) is 22.0 Å². The summed E-state index contributed by atoms with van der Waals surface area (Å²) in [6.45, 7) is -0.604. The number of carbonyl (C=O) groups excluding carboxylic acids is 1. The van der Waals surface area contributed by atoms with Gasteiger partial charge in [0, 0.05) is 5.57 Å². The number of ether oxygens (including phenoxy) is 1. The van der Waals surface area contributed by atoms with Gasteiger partial charge < -0.3 is 10.5 Å². The maximum atomic E-state index is 13.1. The van der Waals surface area contributed by atoms with Crippen LogP contribution in [0.2, 0.25) is 0 Å². The third-order valence-corrected chi connectivity index (χ3v) is 4.61. The number of primary amides is 1. The SMILES string of the molecule is Cc1ccc(-n2nc(C(N)=O)nc2C2=CCCC=C2)cc1COCC(F)(F)C(F)(F)F. The lowest BCUT2D eigenvalue weighted by atomic mass is 10.1. The van der Waals surface area contributed by atoms with Gasteiger partial charge in [0.1, 0.15) is 6.61 Å². The number of nitrogens with zero attached hydrogens (tertiary/aromatic N) is 3. The minimum Gasteiger partial charge on any atom is -0.370 e. The van der Waals surface area contributed by atoms with Crippen molar-refractivity contribution in [2.75, 3.05) is 6.61 Å². The maximum Gasteiger partial charge on any atom is 0.455 e. The molecule has 166 valence electrons. The van der Waals surface area contributed by atoms with E-state index >= 15 is 0 Å². The molecule has 0 spiro atoms. The molecule has 0 radical (unpaired) electrons. The number of aromatic nitrogens is 3. The molecule has 1 aromatic carbocycles. The molecule has 1 aliphatic rings. The Morgan fingerprint density at radius 2 is 1.97 bits per heavy atom. The first kappa shape index (κ1) is 22.6. The Morgan fingerprint density at radius 3 is 2.58 bits per heavy atom. The van der Waals surface area contributed by atoms with Gasteiger partial charge in [-0.15, -0.1) is 5.10 Å². The number of hydrogen-bond acceptors (Lipinski definition) is 4. The molecular formula is C20H19F5N4O2. The monoisotopic (exact) mass is 442 g/mol. The first-order chi connectivity index (χ1) is 14.5. The number of aryl methyl sites for hydroxylation is 1. The number of halogens is 5. The zero-order valence-electron chi connectivity index (χ0n) is 16.4. The molecule has 2 aromatic rings. The van der Waals surface area contributed by atoms with E-state index in [2.05, 4.69) is 14.8 Å². The maximum absolute atomic E-state index is 13.1. The predicted molar refractivity (Wildman–Crippen MR) is 102 cm³/mol.